The van der Waals surface area contributed by atoms with Crippen LogP contribution in [0.15, 0.2) is 18.2 Å². The Hall–Kier alpha value is -1.26. The van der Waals surface area contributed by atoms with Crippen LogP contribution in [0.4, 0.5) is 5.69 Å². The van der Waals surface area contributed by atoms with Gasteiger partial charge in [0.25, 0.3) is 0 Å². The van der Waals surface area contributed by atoms with Gasteiger partial charge in [-0.25, -0.2) is 4.79 Å². The molecule has 0 saturated carbocycles. The first-order valence-electron chi connectivity index (χ1n) is 6.28. The van der Waals surface area contributed by atoms with Crippen molar-refractivity contribution in [2.45, 2.75) is 38.4 Å². The average molecular weight is 284 g/mol. The molecule has 0 aromatic heterocycles. The van der Waals surface area contributed by atoms with Gasteiger partial charge in [0.05, 0.1) is 28.0 Å². The predicted octanol–water partition coefficient (Wildman–Crippen LogP) is 3.04. The first-order valence-corrected chi connectivity index (χ1v) is 6.66. The van der Waals surface area contributed by atoms with Crippen LogP contribution in [0.3, 0.4) is 0 Å². The number of rotatable bonds is 3. The van der Waals surface area contributed by atoms with E-state index in [4.69, 9.17) is 26.8 Å². The summed E-state index contributed by atoms with van der Waals surface area (Å²) < 4.78 is 11.0. The number of hydrogen-bond acceptors (Lipinski definition) is 4. The molecule has 19 heavy (non-hydrogen) atoms. The molecule has 0 aliphatic carbocycles. The Labute approximate surface area is 117 Å². The molecule has 1 aromatic rings. The van der Waals surface area contributed by atoms with E-state index in [1.807, 2.05) is 13.8 Å². The maximum Gasteiger partial charge on any atom is 0.339 e. The molecule has 1 heterocycles. The van der Waals surface area contributed by atoms with Crippen LogP contribution in [0.1, 0.15) is 37.0 Å². The maximum atomic E-state index is 11.9. The number of halogens is 1. The minimum absolute atomic E-state index is 0.0428. The number of benzene rings is 1. The Morgan fingerprint density at radius 1 is 1.58 bits per heavy atom. The van der Waals surface area contributed by atoms with Crippen molar-refractivity contribution < 1.29 is 14.3 Å². The van der Waals surface area contributed by atoms with Gasteiger partial charge in [-0.15, -0.1) is 0 Å². The first kappa shape index (κ1) is 14.2. The second-order valence-corrected chi connectivity index (χ2v) is 5.72. The number of carbonyl (C=O) groups excluding carboxylic acids is 1. The summed E-state index contributed by atoms with van der Waals surface area (Å²) in [6.07, 6.45) is 1.82. The normalized spacial score (nSPS) is 21.3. The van der Waals surface area contributed by atoms with Gasteiger partial charge in [-0.05, 0) is 38.8 Å². The number of hydrogen-bond donors (Lipinski definition) is 1. The monoisotopic (exact) mass is 283 g/mol. The molecular formula is C14H18ClNO3. The van der Waals surface area contributed by atoms with Crippen LogP contribution >= 0.6 is 11.6 Å². The van der Waals surface area contributed by atoms with E-state index in [0.717, 1.165) is 12.8 Å². The molecule has 1 aliphatic rings. The van der Waals surface area contributed by atoms with Crippen LogP contribution in [-0.2, 0) is 9.47 Å². The smallest absolute Gasteiger partial charge is 0.339 e. The fourth-order valence-corrected chi connectivity index (χ4v) is 2.35. The third-order valence-corrected chi connectivity index (χ3v) is 3.62. The molecule has 1 aliphatic heterocycles. The molecule has 4 nitrogen and oxygen atoms in total. The molecule has 104 valence electrons. The highest BCUT2D eigenvalue weighted by Crippen LogP contribution is 2.30. The molecule has 1 aromatic carbocycles. The number of nitrogens with two attached hydrogens (primary N) is 1. The zero-order chi connectivity index (χ0) is 14.0. The lowest BCUT2D eigenvalue weighted by Gasteiger charge is -2.19. The molecule has 5 heteroatoms. The van der Waals surface area contributed by atoms with Crippen molar-refractivity contribution in [2.24, 2.45) is 0 Å². The van der Waals surface area contributed by atoms with Crippen molar-refractivity contribution in [3.63, 3.8) is 0 Å². The van der Waals surface area contributed by atoms with E-state index in [9.17, 15) is 4.79 Å². The highest BCUT2D eigenvalue weighted by molar-refractivity contribution is 6.36. The molecule has 0 spiro atoms. The Balaban J connectivity index is 1.93. The van der Waals surface area contributed by atoms with Crippen molar-refractivity contribution in [1.82, 2.24) is 0 Å². The quantitative estimate of drug-likeness (QED) is 0.684. The number of nitrogen functional groups attached to an aromatic ring is 1. The van der Waals surface area contributed by atoms with Crippen LogP contribution in [0.2, 0.25) is 5.02 Å². The fourth-order valence-electron chi connectivity index (χ4n) is 2.15. The Morgan fingerprint density at radius 3 is 2.95 bits per heavy atom. The summed E-state index contributed by atoms with van der Waals surface area (Å²) in [7, 11) is 0. The minimum atomic E-state index is -0.467. The van der Waals surface area contributed by atoms with Gasteiger partial charge >= 0.3 is 5.97 Å². The Kier molecular flexibility index (Phi) is 4.02. The summed E-state index contributed by atoms with van der Waals surface area (Å²) >= 11 is 5.97. The number of esters is 1. The summed E-state index contributed by atoms with van der Waals surface area (Å²) in [6.45, 7) is 4.31. The van der Waals surface area contributed by atoms with Crippen LogP contribution in [0.5, 0.6) is 0 Å². The average Bonchev–Trinajstić information content (AvgIpc) is 2.69. The van der Waals surface area contributed by atoms with Crippen LogP contribution < -0.4 is 5.73 Å². The molecular weight excluding hydrogens is 266 g/mol. The maximum absolute atomic E-state index is 11.9. The second-order valence-electron chi connectivity index (χ2n) is 5.35. The first-order chi connectivity index (χ1) is 8.89. The lowest BCUT2D eigenvalue weighted by atomic mass is 10.1. The molecule has 2 rings (SSSR count). The summed E-state index contributed by atoms with van der Waals surface area (Å²) in [4.78, 5) is 11.9. The van der Waals surface area contributed by atoms with E-state index in [1.54, 1.807) is 18.2 Å². The summed E-state index contributed by atoms with van der Waals surface area (Å²) in [5.41, 5.74) is 6.18. The molecule has 0 bridgehead atoms. The Morgan fingerprint density at radius 2 is 2.32 bits per heavy atom. The molecule has 1 atom stereocenters. The molecule has 2 N–H and O–H groups in total. The molecule has 0 amide bonds. The topological polar surface area (TPSA) is 61.5 Å². The third-order valence-electron chi connectivity index (χ3n) is 3.20. The molecule has 0 radical (unpaired) electrons. The standard InChI is InChI=1S/C14H18ClNO3/c1-14(2)7-6-9(19-14)8-18-13(17)10-4-3-5-11(16)12(10)15/h3-5,9H,6-8,16H2,1-2H3. The van der Waals surface area contributed by atoms with Crippen molar-refractivity contribution in [3.05, 3.63) is 28.8 Å². The van der Waals surface area contributed by atoms with Gasteiger partial charge in [0.15, 0.2) is 0 Å². The fraction of sp³-hybridized carbons (Fsp3) is 0.500. The van der Waals surface area contributed by atoms with Gasteiger partial charge in [0.2, 0.25) is 0 Å². The van der Waals surface area contributed by atoms with Gasteiger partial charge in [-0.3, -0.25) is 0 Å². The van der Waals surface area contributed by atoms with E-state index in [1.165, 1.54) is 0 Å². The van der Waals surface area contributed by atoms with Gasteiger partial charge < -0.3 is 15.2 Å². The predicted molar refractivity (Wildman–Crippen MR) is 74.3 cm³/mol. The number of anilines is 1. The molecule has 1 unspecified atom stereocenters. The van der Waals surface area contributed by atoms with Gasteiger partial charge in [-0.2, -0.15) is 0 Å². The zero-order valence-corrected chi connectivity index (χ0v) is 11.9. The largest absolute Gasteiger partial charge is 0.459 e. The van der Waals surface area contributed by atoms with Crippen molar-refractivity contribution >= 4 is 23.3 Å². The van der Waals surface area contributed by atoms with Gasteiger partial charge in [-0.1, -0.05) is 17.7 Å². The summed E-state index contributed by atoms with van der Waals surface area (Å²) in [5, 5.41) is 0.236. The van der Waals surface area contributed by atoms with E-state index in [0.29, 0.717) is 11.3 Å². The highest BCUT2D eigenvalue weighted by atomic mass is 35.5. The third kappa shape index (κ3) is 3.39. The highest BCUT2D eigenvalue weighted by Gasteiger charge is 2.32. The van der Waals surface area contributed by atoms with Crippen molar-refractivity contribution in [1.29, 1.82) is 0 Å². The van der Waals surface area contributed by atoms with E-state index >= 15 is 0 Å². The Bertz CT molecular complexity index is 488. The van der Waals surface area contributed by atoms with Crippen molar-refractivity contribution in [2.75, 3.05) is 12.3 Å². The molecule has 1 fully saturated rings. The number of ether oxygens (including phenoxy) is 2. The second kappa shape index (κ2) is 5.39. The van der Waals surface area contributed by atoms with Crippen LogP contribution in [0, 0.1) is 0 Å². The van der Waals surface area contributed by atoms with E-state index in [-0.39, 0.29) is 23.3 Å². The minimum Gasteiger partial charge on any atom is -0.459 e. The zero-order valence-electron chi connectivity index (χ0n) is 11.1. The van der Waals surface area contributed by atoms with Crippen molar-refractivity contribution in [3.8, 4) is 0 Å². The van der Waals surface area contributed by atoms with Crippen LogP contribution in [-0.4, -0.2) is 24.3 Å². The molecule has 1 saturated heterocycles. The lowest BCUT2D eigenvalue weighted by Crippen LogP contribution is -2.24. The van der Waals surface area contributed by atoms with Gasteiger partial charge in [0, 0.05) is 0 Å². The summed E-state index contributed by atoms with van der Waals surface area (Å²) in [6, 6.07) is 4.91. The lowest BCUT2D eigenvalue weighted by molar-refractivity contribution is -0.0444. The van der Waals surface area contributed by atoms with Gasteiger partial charge in [0.1, 0.15) is 6.61 Å². The van der Waals surface area contributed by atoms with E-state index in [2.05, 4.69) is 0 Å². The number of carbonyl (C=O) groups is 1. The summed E-state index contributed by atoms with van der Waals surface area (Å²) in [5.74, 6) is -0.467. The van der Waals surface area contributed by atoms with Crippen LogP contribution in [0.25, 0.3) is 0 Å². The van der Waals surface area contributed by atoms with E-state index < -0.39 is 5.97 Å². The SMILES string of the molecule is CC1(C)CCC(COC(=O)c2cccc(N)c2Cl)O1.